The van der Waals surface area contributed by atoms with Gasteiger partial charge in [0, 0.05) is 19.2 Å². The van der Waals surface area contributed by atoms with E-state index in [0.29, 0.717) is 59.9 Å². The number of rotatable bonds is 6. The fourth-order valence-corrected chi connectivity index (χ4v) is 4.09. The van der Waals surface area contributed by atoms with Gasteiger partial charge in [0.2, 0.25) is 11.5 Å². The van der Waals surface area contributed by atoms with E-state index in [4.69, 9.17) is 28.1 Å². The number of fused-ring (bicyclic) bond motifs is 3. The maximum Gasteiger partial charge on any atom is 0.232 e. The molecule has 2 aromatic carbocycles. The van der Waals surface area contributed by atoms with Gasteiger partial charge in [0.1, 0.15) is 24.0 Å². The van der Waals surface area contributed by atoms with Crippen LogP contribution >= 0.6 is 0 Å². The zero-order chi connectivity index (χ0) is 22.9. The third-order valence-electron chi connectivity index (χ3n) is 5.63. The summed E-state index contributed by atoms with van der Waals surface area (Å²) in [5.41, 5.74) is 2.33. The first-order chi connectivity index (χ1) is 16.1. The van der Waals surface area contributed by atoms with Crippen LogP contribution in [-0.4, -0.2) is 38.7 Å². The molecule has 170 valence electrons. The molecule has 0 saturated carbocycles. The molecule has 2 aliphatic heterocycles. The summed E-state index contributed by atoms with van der Waals surface area (Å²) < 4.78 is 33.6. The number of ketones is 1. The highest BCUT2D eigenvalue weighted by atomic mass is 16.5. The van der Waals surface area contributed by atoms with E-state index < -0.39 is 0 Å². The van der Waals surface area contributed by atoms with Crippen LogP contribution in [0.15, 0.2) is 52.8 Å². The highest BCUT2D eigenvalue weighted by Gasteiger charge is 2.34. The van der Waals surface area contributed by atoms with Gasteiger partial charge in [0.15, 0.2) is 17.3 Å². The van der Waals surface area contributed by atoms with Crippen LogP contribution < -0.4 is 23.7 Å². The quantitative estimate of drug-likeness (QED) is 0.516. The Morgan fingerprint density at radius 2 is 1.85 bits per heavy atom. The van der Waals surface area contributed by atoms with E-state index in [0.717, 1.165) is 11.1 Å². The standard InChI is InChI=1S/C25H23NO7/c1-28-21-9-15(10-22(29-2)25(21)30-3)12-26-13-18-19(32-14-26)7-6-17-23(27)20(33-24(17)18)11-16-5-4-8-31-16/h4-11H,12-14H2,1-3H3/b20-11-. The number of nitrogens with zero attached hydrogens (tertiary/aromatic N) is 1. The van der Waals surface area contributed by atoms with Crippen molar-refractivity contribution < 1.29 is 32.9 Å². The van der Waals surface area contributed by atoms with Gasteiger partial charge in [0.25, 0.3) is 0 Å². The Hall–Kier alpha value is -3.91. The number of hydrogen-bond acceptors (Lipinski definition) is 8. The minimum Gasteiger partial charge on any atom is -0.493 e. The number of carbonyl (C=O) groups is 1. The molecule has 3 aromatic rings. The number of allylic oxidation sites excluding steroid dienone is 1. The van der Waals surface area contributed by atoms with Crippen molar-refractivity contribution in [2.24, 2.45) is 0 Å². The molecule has 0 saturated heterocycles. The fraction of sp³-hybridized carbons (Fsp3) is 0.240. The van der Waals surface area contributed by atoms with E-state index in [2.05, 4.69) is 4.90 Å². The summed E-state index contributed by atoms with van der Waals surface area (Å²) in [6, 6.07) is 10.9. The lowest BCUT2D eigenvalue weighted by Gasteiger charge is -2.30. The molecule has 0 unspecified atom stereocenters. The Bertz CT molecular complexity index is 1200. The van der Waals surface area contributed by atoms with Crippen LogP contribution in [0.1, 0.15) is 27.2 Å². The van der Waals surface area contributed by atoms with E-state index in [-0.39, 0.29) is 11.5 Å². The molecule has 0 fully saturated rings. The summed E-state index contributed by atoms with van der Waals surface area (Å²) >= 11 is 0. The van der Waals surface area contributed by atoms with E-state index >= 15 is 0 Å². The largest absolute Gasteiger partial charge is 0.493 e. The van der Waals surface area contributed by atoms with Crippen molar-refractivity contribution in [2.75, 3.05) is 28.1 Å². The summed E-state index contributed by atoms with van der Waals surface area (Å²) in [7, 11) is 4.76. The molecule has 0 aliphatic carbocycles. The lowest BCUT2D eigenvalue weighted by molar-refractivity contribution is 0.0871. The summed E-state index contributed by atoms with van der Waals surface area (Å²) in [6.07, 6.45) is 3.15. The van der Waals surface area contributed by atoms with Crippen LogP contribution in [0.4, 0.5) is 0 Å². The molecule has 0 bridgehead atoms. The van der Waals surface area contributed by atoms with Crippen molar-refractivity contribution in [2.45, 2.75) is 13.1 Å². The Kier molecular flexibility index (Phi) is 5.43. The minimum absolute atomic E-state index is 0.175. The average Bonchev–Trinajstić information content (AvgIpc) is 3.46. The lowest BCUT2D eigenvalue weighted by atomic mass is 10.0. The van der Waals surface area contributed by atoms with E-state index in [1.165, 1.54) is 0 Å². The molecule has 33 heavy (non-hydrogen) atoms. The molecule has 0 atom stereocenters. The highest BCUT2D eigenvalue weighted by Crippen LogP contribution is 2.43. The van der Waals surface area contributed by atoms with Gasteiger partial charge in [-0.1, -0.05) is 0 Å². The van der Waals surface area contributed by atoms with Gasteiger partial charge in [-0.05, 0) is 42.0 Å². The van der Waals surface area contributed by atoms with Crippen molar-refractivity contribution in [1.82, 2.24) is 4.90 Å². The maximum atomic E-state index is 12.9. The molecule has 5 rings (SSSR count). The molecule has 1 aromatic heterocycles. The smallest absolute Gasteiger partial charge is 0.232 e. The van der Waals surface area contributed by atoms with Crippen molar-refractivity contribution in [3.05, 3.63) is 70.9 Å². The minimum atomic E-state index is -0.175. The third kappa shape index (κ3) is 3.78. The number of furan rings is 1. The van der Waals surface area contributed by atoms with E-state index in [1.807, 2.05) is 18.2 Å². The zero-order valence-corrected chi connectivity index (χ0v) is 18.5. The average molecular weight is 449 g/mol. The Morgan fingerprint density at radius 3 is 2.52 bits per heavy atom. The van der Waals surface area contributed by atoms with Crippen LogP contribution in [0.25, 0.3) is 6.08 Å². The Balaban J connectivity index is 1.41. The molecule has 0 radical (unpaired) electrons. The zero-order valence-electron chi connectivity index (χ0n) is 18.5. The fourth-order valence-electron chi connectivity index (χ4n) is 4.09. The van der Waals surface area contributed by atoms with Crippen molar-refractivity contribution >= 4 is 11.9 Å². The van der Waals surface area contributed by atoms with Gasteiger partial charge in [-0.3, -0.25) is 9.69 Å². The second kappa shape index (κ2) is 8.55. The number of hydrogen-bond donors (Lipinski definition) is 0. The number of ether oxygens (including phenoxy) is 5. The Labute approximate surface area is 190 Å². The normalized spacial score (nSPS) is 16.1. The third-order valence-corrected chi connectivity index (χ3v) is 5.63. The summed E-state index contributed by atoms with van der Waals surface area (Å²) in [6.45, 7) is 1.52. The topological polar surface area (TPSA) is 79.6 Å². The van der Waals surface area contributed by atoms with Crippen LogP contribution in [-0.2, 0) is 13.1 Å². The van der Waals surface area contributed by atoms with Gasteiger partial charge in [-0.15, -0.1) is 0 Å². The molecule has 8 heteroatoms. The van der Waals surface area contributed by atoms with E-state index in [1.54, 1.807) is 51.9 Å². The second-order valence-corrected chi connectivity index (χ2v) is 7.67. The number of carbonyl (C=O) groups excluding carboxylic acids is 1. The maximum absolute atomic E-state index is 12.9. The first-order valence-electron chi connectivity index (χ1n) is 10.4. The SMILES string of the molecule is COc1cc(CN2COc3ccc4c(c3C2)O/C(=C\c2ccco2)C4=O)cc(OC)c1OC. The van der Waals surface area contributed by atoms with Crippen LogP contribution in [0.2, 0.25) is 0 Å². The van der Waals surface area contributed by atoms with Crippen LogP contribution in [0, 0.1) is 0 Å². The van der Waals surface area contributed by atoms with Crippen LogP contribution in [0.5, 0.6) is 28.7 Å². The second-order valence-electron chi connectivity index (χ2n) is 7.67. The molecule has 0 amide bonds. The molecule has 3 heterocycles. The van der Waals surface area contributed by atoms with Gasteiger partial charge >= 0.3 is 0 Å². The van der Waals surface area contributed by atoms with Gasteiger partial charge < -0.3 is 28.1 Å². The predicted octanol–water partition coefficient (Wildman–Crippen LogP) is 4.27. The molecule has 2 aliphatic rings. The van der Waals surface area contributed by atoms with Gasteiger partial charge in [-0.2, -0.15) is 0 Å². The molecular formula is C25H23NO7. The van der Waals surface area contributed by atoms with E-state index in [9.17, 15) is 4.79 Å². The first kappa shape index (κ1) is 21.0. The monoisotopic (exact) mass is 449 g/mol. The summed E-state index contributed by atoms with van der Waals surface area (Å²) in [5.74, 6) is 3.58. The lowest BCUT2D eigenvalue weighted by Crippen LogP contribution is -2.31. The van der Waals surface area contributed by atoms with Crippen molar-refractivity contribution in [3.63, 3.8) is 0 Å². The first-order valence-corrected chi connectivity index (χ1v) is 10.4. The van der Waals surface area contributed by atoms with Gasteiger partial charge in [0.05, 0.1) is 38.7 Å². The summed E-state index contributed by atoms with van der Waals surface area (Å²) in [5, 5.41) is 0. The Morgan fingerprint density at radius 1 is 1.06 bits per heavy atom. The molecule has 8 nitrogen and oxygen atoms in total. The van der Waals surface area contributed by atoms with Crippen molar-refractivity contribution in [3.8, 4) is 28.7 Å². The highest BCUT2D eigenvalue weighted by molar-refractivity contribution is 6.14. The number of methoxy groups -OCH3 is 3. The predicted molar refractivity (Wildman–Crippen MR) is 119 cm³/mol. The molecular weight excluding hydrogens is 426 g/mol. The van der Waals surface area contributed by atoms with Gasteiger partial charge in [-0.25, -0.2) is 0 Å². The number of Topliss-reactive ketones (excluding diaryl/α,β-unsaturated/α-hetero) is 1. The van der Waals surface area contributed by atoms with Crippen LogP contribution in [0.3, 0.4) is 0 Å². The number of benzene rings is 2. The van der Waals surface area contributed by atoms with Crippen molar-refractivity contribution in [1.29, 1.82) is 0 Å². The molecule has 0 N–H and O–H groups in total. The molecule has 0 spiro atoms. The summed E-state index contributed by atoms with van der Waals surface area (Å²) in [4.78, 5) is 15.0.